The zero-order chi connectivity index (χ0) is 20.0. The number of halogens is 2. The molecule has 28 heavy (non-hydrogen) atoms. The fourth-order valence-electron chi connectivity index (χ4n) is 3.35. The smallest absolute Gasteiger partial charge is 0.340 e. The lowest BCUT2D eigenvalue weighted by atomic mass is 9.83. The number of ether oxygens (including phenoxy) is 2. The number of nitrogens with two attached hydrogens (primary N) is 1. The van der Waals surface area contributed by atoms with E-state index in [0.29, 0.717) is 26.7 Å². The van der Waals surface area contributed by atoms with Gasteiger partial charge in [-0.2, -0.15) is 0 Å². The molecule has 1 aliphatic rings. The summed E-state index contributed by atoms with van der Waals surface area (Å²) >= 11 is 13.9. The summed E-state index contributed by atoms with van der Waals surface area (Å²) in [4.78, 5) is 25.6. The van der Waals surface area contributed by atoms with E-state index in [1.807, 2.05) is 24.3 Å². The first-order chi connectivity index (χ1) is 13.4. The lowest BCUT2D eigenvalue weighted by Gasteiger charge is -2.29. The van der Waals surface area contributed by atoms with Crippen molar-refractivity contribution in [1.82, 2.24) is 0 Å². The van der Waals surface area contributed by atoms with Crippen LogP contribution in [0.15, 0.2) is 58.7 Å². The highest BCUT2D eigenvalue weighted by atomic mass is 35.5. The molecule has 1 unspecified atom stereocenters. The zero-order valence-corrected chi connectivity index (χ0v) is 16.8. The van der Waals surface area contributed by atoms with Gasteiger partial charge in [0, 0.05) is 25.7 Å². The standard InChI is InChI=1S/C20H13Cl2NO4S/c1-26-19(24)16-14(13-10(21)6-4-7-11(13)22)15-17(27-18(16)23)9-5-2-3-8-12(9)28-20(15)25/h2-8,14H,23H2,1H3. The van der Waals surface area contributed by atoms with Crippen LogP contribution in [0.2, 0.25) is 10.0 Å². The predicted molar refractivity (Wildman–Crippen MR) is 110 cm³/mol. The van der Waals surface area contributed by atoms with Crippen molar-refractivity contribution >= 4 is 50.6 Å². The van der Waals surface area contributed by atoms with Gasteiger partial charge in [-0.15, -0.1) is 0 Å². The molecule has 142 valence electrons. The molecule has 5 nitrogen and oxygen atoms in total. The van der Waals surface area contributed by atoms with Crippen LogP contribution < -0.4 is 15.2 Å². The van der Waals surface area contributed by atoms with Crippen LogP contribution in [-0.2, 0) is 9.53 Å². The van der Waals surface area contributed by atoms with Crippen LogP contribution in [0.25, 0.3) is 10.1 Å². The van der Waals surface area contributed by atoms with E-state index >= 15 is 0 Å². The van der Waals surface area contributed by atoms with Gasteiger partial charge in [0.15, 0.2) is 0 Å². The molecule has 3 aromatic rings. The molecule has 1 aliphatic heterocycles. The first kappa shape index (κ1) is 18.8. The number of esters is 1. The SMILES string of the molecule is COC(=O)C1=C(N)Oc2c(c(=O)sc3ccccc23)C1c1c(Cl)cccc1Cl. The molecule has 4 rings (SSSR count). The second-order valence-electron chi connectivity index (χ2n) is 6.07. The molecule has 0 saturated carbocycles. The summed E-state index contributed by atoms with van der Waals surface area (Å²) in [7, 11) is 1.23. The Balaban J connectivity index is 2.14. The summed E-state index contributed by atoms with van der Waals surface area (Å²) in [6, 6.07) is 12.3. The summed E-state index contributed by atoms with van der Waals surface area (Å²) in [6.07, 6.45) is 0. The Morgan fingerprint density at radius 3 is 2.46 bits per heavy atom. The highest BCUT2D eigenvalue weighted by Gasteiger charge is 2.40. The van der Waals surface area contributed by atoms with Gasteiger partial charge in [0.2, 0.25) is 10.6 Å². The van der Waals surface area contributed by atoms with Crippen molar-refractivity contribution in [3.63, 3.8) is 0 Å². The van der Waals surface area contributed by atoms with Gasteiger partial charge in [-0.1, -0.05) is 52.7 Å². The molecule has 0 saturated heterocycles. The van der Waals surface area contributed by atoms with Crippen LogP contribution in [0.1, 0.15) is 17.0 Å². The molecule has 1 atom stereocenters. The van der Waals surface area contributed by atoms with E-state index in [9.17, 15) is 9.59 Å². The van der Waals surface area contributed by atoms with E-state index in [4.69, 9.17) is 38.4 Å². The number of carbonyl (C=O) groups is 1. The van der Waals surface area contributed by atoms with Gasteiger partial charge < -0.3 is 15.2 Å². The average Bonchev–Trinajstić information content (AvgIpc) is 2.67. The van der Waals surface area contributed by atoms with E-state index in [1.165, 1.54) is 7.11 Å². The Kier molecular flexibility index (Phi) is 4.79. The number of methoxy groups -OCH3 is 1. The van der Waals surface area contributed by atoms with Gasteiger partial charge in [-0.25, -0.2) is 4.79 Å². The molecule has 8 heteroatoms. The highest BCUT2D eigenvalue weighted by Crippen LogP contribution is 2.48. The van der Waals surface area contributed by atoms with Crippen molar-refractivity contribution in [2.75, 3.05) is 7.11 Å². The normalized spacial score (nSPS) is 15.9. The van der Waals surface area contributed by atoms with E-state index < -0.39 is 11.9 Å². The molecule has 0 spiro atoms. The first-order valence-corrected chi connectivity index (χ1v) is 9.76. The fourth-order valence-corrected chi connectivity index (χ4v) is 4.90. The van der Waals surface area contributed by atoms with E-state index in [0.717, 1.165) is 16.0 Å². The molecule has 0 aliphatic carbocycles. The third-order valence-corrected chi connectivity index (χ3v) is 6.19. The van der Waals surface area contributed by atoms with Crippen LogP contribution in [0.4, 0.5) is 0 Å². The molecule has 2 aromatic carbocycles. The molecule has 2 N–H and O–H groups in total. The Morgan fingerprint density at radius 1 is 1.11 bits per heavy atom. The van der Waals surface area contributed by atoms with Crippen LogP contribution in [0.5, 0.6) is 5.75 Å². The van der Waals surface area contributed by atoms with Crippen LogP contribution in [-0.4, -0.2) is 13.1 Å². The molecule has 0 fully saturated rings. The van der Waals surface area contributed by atoms with Gasteiger partial charge in [0.25, 0.3) is 0 Å². The maximum absolute atomic E-state index is 13.1. The predicted octanol–water partition coefficient (Wildman–Crippen LogP) is 4.44. The topological polar surface area (TPSA) is 78.6 Å². The largest absolute Gasteiger partial charge is 0.465 e. The number of benzene rings is 2. The Morgan fingerprint density at radius 2 is 1.79 bits per heavy atom. The average molecular weight is 434 g/mol. The Labute approximate surface area is 173 Å². The number of rotatable bonds is 2. The van der Waals surface area contributed by atoms with Gasteiger partial charge >= 0.3 is 5.97 Å². The van der Waals surface area contributed by atoms with E-state index in [-0.39, 0.29) is 21.8 Å². The fraction of sp³-hybridized carbons (Fsp3) is 0.100. The monoisotopic (exact) mass is 433 g/mol. The van der Waals surface area contributed by atoms with Crippen molar-refractivity contribution in [2.45, 2.75) is 5.92 Å². The Hall–Kier alpha value is -2.54. The van der Waals surface area contributed by atoms with Crippen LogP contribution >= 0.6 is 34.5 Å². The minimum atomic E-state index is -0.911. The molecule has 1 aromatic heterocycles. The third-order valence-electron chi connectivity index (χ3n) is 4.55. The van der Waals surface area contributed by atoms with Crippen molar-refractivity contribution in [3.05, 3.63) is 84.6 Å². The highest BCUT2D eigenvalue weighted by molar-refractivity contribution is 7.16. The Bertz CT molecular complexity index is 1200. The van der Waals surface area contributed by atoms with Gasteiger partial charge in [0.05, 0.1) is 18.6 Å². The van der Waals surface area contributed by atoms with Gasteiger partial charge in [0.1, 0.15) is 11.3 Å². The second-order valence-corrected chi connectivity index (χ2v) is 7.90. The minimum Gasteiger partial charge on any atom is -0.465 e. The van der Waals surface area contributed by atoms with Crippen LogP contribution in [0.3, 0.4) is 0 Å². The zero-order valence-electron chi connectivity index (χ0n) is 14.5. The van der Waals surface area contributed by atoms with Gasteiger partial charge in [-0.3, -0.25) is 4.79 Å². The summed E-state index contributed by atoms with van der Waals surface area (Å²) < 4.78 is 11.1. The van der Waals surface area contributed by atoms with Crippen LogP contribution in [0, 0.1) is 0 Å². The van der Waals surface area contributed by atoms with Crippen molar-refractivity contribution in [2.24, 2.45) is 5.73 Å². The van der Waals surface area contributed by atoms with E-state index in [1.54, 1.807) is 18.2 Å². The number of hydrogen-bond acceptors (Lipinski definition) is 6. The molecule has 0 bridgehead atoms. The lowest BCUT2D eigenvalue weighted by Crippen LogP contribution is -2.30. The lowest BCUT2D eigenvalue weighted by molar-refractivity contribution is -0.136. The summed E-state index contributed by atoms with van der Waals surface area (Å²) in [5, 5.41) is 1.32. The molecular weight excluding hydrogens is 421 g/mol. The van der Waals surface area contributed by atoms with Gasteiger partial charge in [-0.05, 0) is 24.3 Å². The summed E-state index contributed by atoms with van der Waals surface area (Å²) in [5.41, 5.74) is 6.76. The first-order valence-electron chi connectivity index (χ1n) is 8.19. The summed E-state index contributed by atoms with van der Waals surface area (Å²) in [6.45, 7) is 0. The molecule has 0 radical (unpaired) electrons. The maximum Gasteiger partial charge on any atom is 0.340 e. The van der Waals surface area contributed by atoms with E-state index in [2.05, 4.69) is 0 Å². The maximum atomic E-state index is 13.1. The van der Waals surface area contributed by atoms with Crippen molar-refractivity contribution in [1.29, 1.82) is 0 Å². The second kappa shape index (κ2) is 7.13. The number of fused-ring (bicyclic) bond motifs is 3. The van der Waals surface area contributed by atoms with Crippen molar-refractivity contribution in [3.8, 4) is 5.75 Å². The summed E-state index contributed by atoms with van der Waals surface area (Å²) in [5.74, 6) is -1.49. The quantitative estimate of drug-likeness (QED) is 0.604. The molecule has 2 heterocycles. The number of hydrogen-bond donors (Lipinski definition) is 1. The number of carbonyl (C=O) groups excluding carboxylic acids is 1. The molecule has 0 amide bonds. The van der Waals surface area contributed by atoms with Crippen molar-refractivity contribution < 1.29 is 14.3 Å². The molecular formula is C20H13Cl2NO4S. The minimum absolute atomic E-state index is 0.00965. The third kappa shape index (κ3) is 2.85.